The molecule has 0 aliphatic carbocycles. The van der Waals surface area contributed by atoms with Crippen molar-refractivity contribution in [3.8, 4) is 0 Å². The van der Waals surface area contributed by atoms with Crippen molar-refractivity contribution in [2.75, 3.05) is 0 Å². The molecule has 0 saturated carbocycles. The quantitative estimate of drug-likeness (QED) is 0.488. The number of allylic oxidation sites excluding steroid dienone is 1. The lowest BCUT2D eigenvalue weighted by molar-refractivity contribution is -0.111. The first-order valence-corrected chi connectivity index (χ1v) is 8.87. The number of rotatable bonds is 10. The fraction of sp³-hybridized carbons (Fsp3) is 0.500. The molecule has 5 heteroatoms. The molecule has 0 amide bonds. The van der Waals surface area contributed by atoms with Crippen LogP contribution >= 0.6 is 0 Å². The van der Waals surface area contributed by atoms with Gasteiger partial charge >= 0.3 is 0 Å². The number of sulfone groups is 1. The predicted octanol–water partition coefficient (Wildman–Crippen LogP) is 3.69. The molecule has 0 aliphatic heterocycles. The summed E-state index contributed by atoms with van der Waals surface area (Å²) in [5.41, 5.74) is 0. The van der Waals surface area contributed by atoms with Gasteiger partial charge in [0.05, 0.1) is 0 Å². The molecule has 0 N–H and O–H groups in total. The summed E-state index contributed by atoms with van der Waals surface area (Å²) >= 11 is 0. The summed E-state index contributed by atoms with van der Waals surface area (Å²) in [5, 5.41) is -0.882. The zero-order chi connectivity index (χ0) is 15.6. The third kappa shape index (κ3) is 6.21. The Morgan fingerprint density at radius 2 is 1.76 bits per heavy atom. The first kappa shape index (κ1) is 17.6. The van der Waals surface area contributed by atoms with Crippen molar-refractivity contribution in [1.82, 2.24) is 4.98 Å². The largest absolute Gasteiger partial charge is 0.281 e. The van der Waals surface area contributed by atoms with E-state index >= 15 is 0 Å². The second-order valence-electron chi connectivity index (χ2n) is 4.99. The maximum Gasteiger partial charge on any atom is 0.257 e. The van der Waals surface area contributed by atoms with Gasteiger partial charge in [-0.1, -0.05) is 37.8 Å². The topological polar surface area (TPSA) is 64.1 Å². The van der Waals surface area contributed by atoms with E-state index in [2.05, 4.69) is 11.6 Å². The lowest BCUT2D eigenvalue weighted by Gasteiger charge is -2.03. The van der Waals surface area contributed by atoms with E-state index in [1.165, 1.54) is 12.3 Å². The van der Waals surface area contributed by atoms with Gasteiger partial charge < -0.3 is 0 Å². The van der Waals surface area contributed by atoms with Crippen molar-refractivity contribution in [3.05, 3.63) is 37.1 Å². The normalized spacial score (nSPS) is 11.2. The number of carbonyl (C=O) groups is 1. The summed E-state index contributed by atoms with van der Waals surface area (Å²) in [6.07, 6.45) is 10.4. The molecular weight excluding hydrogens is 286 g/mol. The van der Waals surface area contributed by atoms with Gasteiger partial charge in [0.2, 0.25) is 0 Å². The van der Waals surface area contributed by atoms with Crippen LogP contribution in [0.1, 0.15) is 51.4 Å². The number of aromatic nitrogens is 1. The molecular formula is C16H23NO3S. The summed E-state index contributed by atoms with van der Waals surface area (Å²) in [7, 11) is -3.90. The Labute approximate surface area is 127 Å². The van der Waals surface area contributed by atoms with Crippen LogP contribution < -0.4 is 0 Å². The minimum atomic E-state index is -3.90. The van der Waals surface area contributed by atoms with Crippen LogP contribution in [-0.2, 0) is 14.6 Å². The second kappa shape index (κ2) is 9.45. The van der Waals surface area contributed by atoms with Gasteiger partial charge in [0.1, 0.15) is 0 Å². The zero-order valence-corrected chi connectivity index (χ0v) is 13.1. The van der Waals surface area contributed by atoms with Gasteiger partial charge in [-0.05, 0) is 31.4 Å². The van der Waals surface area contributed by atoms with E-state index in [9.17, 15) is 13.2 Å². The van der Waals surface area contributed by atoms with E-state index in [0.29, 0.717) is 6.42 Å². The summed E-state index contributed by atoms with van der Waals surface area (Å²) in [4.78, 5) is 15.5. The highest BCUT2D eigenvalue weighted by Gasteiger charge is 2.24. The average Bonchev–Trinajstić information content (AvgIpc) is 2.50. The number of unbranched alkanes of at least 4 members (excludes halogenated alkanes) is 6. The van der Waals surface area contributed by atoms with E-state index < -0.39 is 15.0 Å². The van der Waals surface area contributed by atoms with Gasteiger partial charge in [-0.2, -0.15) is 0 Å². The van der Waals surface area contributed by atoms with Crippen LogP contribution in [0.3, 0.4) is 0 Å². The van der Waals surface area contributed by atoms with E-state index in [1.807, 2.05) is 6.08 Å². The summed E-state index contributed by atoms with van der Waals surface area (Å²) in [5.74, 6) is 0. The number of carbonyl (C=O) groups excluding carboxylic acids is 1. The molecule has 0 bridgehead atoms. The SMILES string of the molecule is C=CCCCCCCCCC(=O)S(=O)(=O)c1ccccn1. The van der Waals surface area contributed by atoms with Gasteiger partial charge in [0, 0.05) is 12.6 Å². The van der Waals surface area contributed by atoms with Gasteiger partial charge in [0.15, 0.2) is 5.03 Å². The van der Waals surface area contributed by atoms with Crippen molar-refractivity contribution in [3.63, 3.8) is 0 Å². The molecule has 21 heavy (non-hydrogen) atoms. The minimum absolute atomic E-state index is 0.0750. The maximum absolute atomic E-state index is 11.9. The van der Waals surface area contributed by atoms with Crippen LogP contribution in [0.25, 0.3) is 0 Å². The predicted molar refractivity (Wildman–Crippen MR) is 83.6 cm³/mol. The molecule has 0 fully saturated rings. The third-order valence-electron chi connectivity index (χ3n) is 3.25. The highest BCUT2D eigenvalue weighted by atomic mass is 32.2. The van der Waals surface area contributed by atoms with E-state index in [4.69, 9.17) is 0 Å². The Bertz CT molecular complexity index is 538. The first-order valence-electron chi connectivity index (χ1n) is 7.39. The number of nitrogens with zero attached hydrogens (tertiary/aromatic N) is 1. The van der Waals surface area contributed by atoms with Crippen molar-refractivity contribution < 1.29 is 13.2 Å². The molecule has 0 radical (unpaired) electrons. The van der Waals surface area contributed by atoms with E-state index in [1.54, 1.807) is 12.1 Å². The summed E-state index contributed by atoms with van der Waals surface area (Å²) in [6.45, 7) is 3.68. The van der Waals surface area contributed by atoms with Crippen molar-refractivity contribution >= 4 is 15.0 Å². The molecule has 0 aliphatic rings. The monoisotopic (exact) mass is 309 g/mol. The smallest absolute Gasteiger partial charge is 0.257 e. The lowest BCUT2D eigenvalue weighted by atomic mass is 10.1. The average molecular weight is 309 g/mol. The second-order valence-corrected chi connectivity index (χ2v) is 6.87. The third-order valence-corrected chi connectivity index (χ3v) is 4.85. The first-order chi connectivity index (χ1) is 10.1. The fourth-order valence-corrected chi connectivity index (χ4v) is 3.13. The van der Waals surface area contributed by atoms with Crippen LogP contribution in [0.15, 0.2) is 42.1 Å². The zero-order valence-electron chi connectivity index (χ0n) is 12.3. The summed E-state index contributed by atoms with van der Waals surface area (Å²) < 4.78 is 23.9. The Hall–Kier alpha value is -1.49. The fourth-order valence-electron chi connectivity index (χ4n) is 2.02. The van der Waals surface area contributed by atoms with Gasteiger partial charge in [-0.15, -0.1) is 6.58 Å². The molecule has 116 valence electrons. The molecule has 1 heterocycles. The molecule has 1 rings (SSSR count). The molecule has 0 saturated heterocycles. The van der Waals surface area contributed by atoms with Crippen molar-refractivity contribution in [1.29, 1.82) is 0 Å². The number of hydrogen-bond acceptors (Lipinski definition) is 4. The summed E-state index contributed by atoms with van der Waals surface area (Å²) in [6, 6.07) is 4.54. The van der Waals surface area contributed by atoms with Crippen molar-refractivity contribution in [2.24, 2.45) is 0 Å². The van der Waals surface area contributed by atoms with Crippen LogP contribution in [0.5, 0.6) is 0 Å². The number of hydrogen-bond donors (Lipinski definition) is 0. The van der Waals surface area contributed by atoms with Crippen molar-refractivity contribution in [2.45, 2.75) is 56.4 Å². The van der Waals surface area contributed by atoms with Gasteiger partial charge in [-0.3, -0.25) is 4.79 Å². The molecule has 1 aromatic heterocycles. The Morgan fingerprint density at radius 1 is 1.10 bits per heavy atom. The molecule has 0 atom stereocenters. The standard InChI is InChI=1S/C16H23NO3S/c1-2-3-4-5-6-7-8-9-13-16(18)21(19,20)15-12-10-11-14-17-15/h2,10-12,14H,1,3-9,13H2. The molecule has 4 nitrogen and oxygen atoms in total. The van der Waals surface area contributed by atoms with Crippen LogP contribution in [0.2, 0.25) is 0 Å². The Morgan fingerprint density at radius 3 is 2.38 bits per heavy atom. The molecule has 0 unspecified atom stereocenters. The van der Waals surface area contributed by atoms with E-state index in [-0.39, 0.29) is 11.4 Å². The molecule has 0 aromatic carbocycles. The van der Waals surface area contributed by atoms with Crippen LogP contribution in [0, 0.1) is 0 Å². The van der Waals surface area contributed by atoms with Crippen LogP contribution in [-0.4, -0.2) is 18.5 Å². The Kier molecular flexibility index (Phi) is 7.90. The lowest BCUT2D eigenvalue weighted by Crippen LogP contribution is -2.15. The van der Waals surface area contributed by atoms with E-state index in [0.717, 1.165) is 38.5 Å². The highest BCUT2D eigenvalue weighted by Crippen LogP contribution is 2.14. The maximum atomic E-state index is 11.9. The molecule has 0 spiro atoms. The number of pyridine rings is 1. The van der Waals surface area contributed by atoms with Crippen LogP contribution in [0.4, 0.5) is 0 Å². The Balaban J connectivity index is 2.26. The molecule has 1 aromatic rings. The minimum Gasteiger partial charge on any atom is -0.281 e. The van der Waals surface area contributed by atoms with Gasteiger partial charge in [0.25, 0.3) is 15.0 Å². The van der Waals surface area contributed by atoms with Gasteiger partial charge in [-0.25, -0.2) is 13.4 Å². The highest BCUT2D eigenvalue weighted by molar-refractivity contribution is 8.06.